The van der Waals surface area contributed by atoms with Gasteiger partial charge in [-0.1, -0.05) is 12.1 Å². The van der Waals surface area contributed by atoms with E-state index in [1.807, 2.05) is 24.5 Å². The number of piperidine rings is 1. The molecular weight excluding hydrogens is 300 g/mol. The lowest BCUT2D eigenvalue weighted by molar-refractivity contribution is -0.120. The number of nitrogens with one attached hydrogen (secondary N) is 1. The molecule has 5 heteroatoms. The third-order valence-electron chi connectivity index (χ3n) is 5.41. The molecule has 2 aromatic rings. The molecule has 1 amide bonds. The summed E-state index contributed by atoms with van der Waals surface area (Å²) in [5.74, 6) is 0.406. The molecule has 1 N–H and O–H groups in total. The Kier molecular flexibility index (Phi) is 4.02. The van der Waals surface area contributed by atoms with Gasteiger partial charge in [0.25, 0.3) is 0 Å². The van der Waals surface area contributed by atoms with Gasteiger partial charge in [0.05, 0.1) is 0 Å². The molecule has 2 fully saturated rings. The zero-order valence-electron chi connectivity index (χ0n) is 13.7. The Bertz CT molecular complexity index is 696. The zero-order chi connectivity index (χ0) is 16.4. The second-order valence-corrected chi connectivity index (χ2v) is 6.88. The predicted octanol–water partition coefficient (Wildman–Crippen LogP) is 2.11. The van der Waals surface area contributed by atoms with Crippen LogP contribution < -0.4 is 5.32 Å². The van der Waals surface area contributed by atoms with Crippen molar-refractivity contribution in [3.05, 3.63) is 60.2 Å². The molecule has 2 aromatic heterocycles. The first-order valence-corrected chi connectivity index (χ1v) is 8.57. The normalized spacial score (nSPS) is 23.3. The number of carbonyl (C=O) groups is 1. The van der Waals surface area contributed by atoms with Crippen molar-refractivity contribution in [3.63, 3.8) is 0 Å². The molecule has 0 aromatic carbocycles. The number of nitrogens with zero attached hydrogens (tertiary/aromatic N) is 3. The number of rotatable bonds is 3. The summed E-state index contributed by atoms with van der Waals surface area (Å²) in [4.78, 5) is 23.0. The number of hydrogen-bond donors (Lipinski definition) is 1. The van der Waals surface area contributed by atoms with Crippen LogP contribution in [0, 0.1) is 0 Å². The highest BCUT2D eigenvalue weighted by Gasteiger charge is 2.48. The van der Waals surface area contributed by atoms with Gasteiger partial charge in [-0.3, -0.25) is 19.7 Å². The quantitative estimate of drug-likeness (QED) is 0.940. The maximum Gasteiger partial charge on any atom is 0.221 e. The Balaban J connectivity index is 1.47. The summed E-state index contributed by atoms with van der Waals surface area (Å²) in [5.41, 5.74) is 2.32. The third kappa shape index (κ3) is 2.91. The Labute approximate surface area is 142 Å². The van der Waals surface area contributed by atoms with Gasteiger partial charge >= 0.3 is 0 Å². The van der Waals surface area contributed by atoms with Crippen LogP contribution >= 0.6 is 0 Å². The molecule has 1 atom stereocenters. The van der Waals surface area contributed by atoms with Crippen molar-refractivity contribution < 1.29 is 4.79 Å². The van der Waals surface area contributed by atoms with Gasteiger partial charge < -0.3 is 5.32 Å². The molecule has 0 radical (unpaired) electrons. The molecule has 1 spiro atoms. The highest BCUT2D eigenvalue weighted by atomic mass is 16.2. The molecule has 0 saturated carbocycles. The van der Waals surface area contributed by atoms with Gasteiger partial charge in [-0.2, -0.15) is 0 Å². The van der Waals surface area contributed by atoms with Crippen molar-refractivity contribution in [1.82, 2.24) is 20.2 Å². The lowest BCUT2D eigenvalue weighted by atomic mass is 9.74. The molecule has 4 rings (SSSR count). The Morgan fingerprint density at radius 3 is 2.54 bits per heavy atom. The van der Waals surface area contributed by atoms with Crippen molar-refractivity contribution in [2.45, 2.75) is 37.3 Å². The molecule has 5 nitrogen and oxygen atoms in total. The minimum Gasteiger partial charge on any atom is -0.350 e. The van der Waals surface area contributed by atoms with Crippen molar-refractivity contribution in [3.8, 4) is 0 Å². The van der Waals surface area contributed by atoms with Crippen molar-refractivity contribution in [2.24, 2.45) is 0 Å². The van der Waals surface area contributed by atoms with Crippen LogP contribution in [0.15, 0.2) is 49.1 Å². The molecule has 2 aliphatic rings. The van der Waals surface area contributed by atoms with E-state index in [0.29, 0.717) is 6.42 Å². The first kappa shape index (κ1) is 15.3. The highest BCUT2D eigenvalue weighted by molar-refractivity contribution is 5.81. The van der Waals surface area contributed by atoms with Gasteiger partial charge in [0.2, 0.25) is 5.91 Å². The average Bonchev–Trinajstić information content (AvgIpc) is 2.95. The average molecular weight is 322 g/mol. The minimum atomic E-state index is -0.106. The van der Waals surface area contributed by atoms with Crippen molar-refractivity contribution in [2.75, 3.05) is 13.1 Å². The van der Waals surface area contributed by atoms with E-state index in [0.717, 1.165) is 32.5 Å². The maximum atomic E-state index is 12.1. The predicted molar refractivity (Wildman–Crippen MR) is 91.2 cm³/mol. The number of aromatic nitrogens is 2. The highest BCUT2D eigenvalue weighted by Crippen LogP contribution is 2.43. The minimum absolute atomic E-state index is 0.106. The van der Waals surface area contributed by atoms with Crippen LogP contribution in [0.3, 0.4) is 0 Å². The lowest BCUT2D eigenvalue weighted by Gasteiger charge is -2.43. The summed E-state index contributed by atoms with van der Waals surface area (Å²) in [5, 5.41) is 3.30. The van der Waals surface area contributed by atoms with Gasteiger partial charge in [0, 0.05) is 62.3 Å². The number of amides is 1. The number of carbonyl (C=O) groups excluding carboxylic acids is 1. The number of hydrogen-bond acceptors (Lipinski definition) is 4. The summed E-state index contributed by atoms with van der Waals surface area (Å²) in [6.45, 7) is 2.91. The van der Waals surface area contributed by atoms with E-state index in [9.17, 15) is 4.79 Å². The first-order valence-electron chi connectivity index (χ1n) is 8.57. The largest absolute Gasteiger partial charge is 0.350 e. The van der Waals surface area contributed by atoms with Crippen LogP contribution in [-0.2, 0) is 11.3 Å². The van der Waals surface area contributed by atoms with E-state index in [1.165, 1.54) is 11.1 Å². The zero-order valence-corrected chi connectivity index (χ0v) is 13.7. The topological polar surface area (TPSA) is 58.1 Å². The summed E-state index contributed by atoms with van der Waals surface area (Å²) >= 11 is 0. The van der Waals surface area contributed by atoms with E-state index < -0.39 is 0 Å². The standard InChI is InChI=1S/C19H22N4O/c24-18-11-17(16-4-2-8-21-13-16)19(22-18)5-9-23(10-6-19)14-15-3-1-7-20-12-15/h1-4,7-8,12-13,17H,5-6,9-11,14H2,(H,22,24)/t17-/m0/s1. The van der Waals surface area contributed by atoms with Gasteiger partial charge in [0.1, 0.15) is 0 Å². The molecule has 0 bridgehead atoms. The molecule has 2 saturated heterocycles. The molecule has 0 aliphatic carbocycles. The summed E-state index contributed by atoms with van der Waals surface area (Å²) in [6.07, 6.45) is 9.98. The molecule has 4 heterocycles. The summed E-state index contributed by atoms with van der Waals surface area (Å²) in [7, 11) is 0. The van der Waals surface area contributed by atoms with Crippen LogP contribution in [0.4, 0.5) is 0 Å². The summed E-state index contributed by atoms with van der Waals surface area (Å²) < 4.78 is 0. The van der Waals surface area contributed by atoms with E-state index in [-0.39, 0.29) is 17.4 Å². The Morgan fingerprint density at radius 2 is 1.88 bits per heavy atom. The van der Waals surface area contributed by atoms with Crippen LogP contribution in [0.5, 0.6) is 0 Å². The van der Waals surface area contributed by atoms with Crippen LogP contribution in [0.2, 0.25) is 0 Å². The lowest BCUT2D eigenvalue weighted by Crippen LogP contribution is -2.53. The Morgan fingerprint density at radius 1 is 1.12 bits per heavy atom. The number of pyridine rings is 2. The van der Waals surface area contributed by atoms with E-state index >= 15 is 0 Å². The monoisotopic (exact) mass is 322 g/mol. The van der Waals surface area contributed by atoms with Crippen LogP contribution in [0.1, 0.15) is 36.3 Å². The second kappa shape index (κ2) is 6.32. The number of likely N-dealkylation sites (tertiary alicyclic amines) is 1. The van der Waals surface area contributed by atoms with Crippen molar-refractivity contribution in [1.29, 1.82) is 0 Å². The Hall–Kier alpha value is -2.27. The fourth-order valence-corrected chi connectivity index (χ4v) is 4.15. The molecule has 24 heavy (non-hydrogen) atoms. The maximum absolute atomic E-state index is 12.1. The smallest absolute Gasteiger partial charge is 0.221 e. The second-order valence-electron chi connectivity index (χ2n) is 6.88. The fraction of sp³-hybridized carbons (Fsp3) is 0.421. The fourth-order valence-electron chi connectivity index (χ4n) is 4.15. The molecule has 2 aliphatic heterocycles. The third-order valence-corrected chi connectivity index (χ3v) is 5.41. The SMILES string of the molecule is O=C1C[C@@H](c2cccnc2)C2(CCN(Cc3cccnc3)CC2)N1. The first-order chi connectivity index (χ1) is 11.8. The summed E-state index contributed by atoms with van der Waals surface area (Å²) in [6, 6.07) is 8.16. The van der Waals surface area contributed by atoms with Crippen LogP contribution in [0.25, 0.3) is 0 Å². The van der Waals surface area contributed by atoms with E-state index in [2.05, 4.69) is 32.3 Å². The molecule has 0 unspecified atom stereocenters. The van der Waals surface area contributed by atoms with E-state index in [4.69, 9.17) is 0 Å². The van der Waals surface area contributed by atoms with Gasteiger partial charge in [-0.25, -0.2) is 0 Å². The van der Waals surface area contributed by atoms with Gasteiger partial charge in [-0.15, -0.1) is 0 Å². The van der Waals surface area contributed by atoms with Gasteiger partial charge in [0.15, 0.2) is 0 Å². The van der Waals surface area contributed by atoms with Crippen LogP contribution in [-0.4, -0.2) is 39.4 Å². The van der Waals surface area contributed by atoms with Crippen molar-refractivity contribution >= 4 is 5.91 Å². The van der Waals surface area contributed by atoms with Gasteiger partial charge in [-0.05, 0) is 36.1 Å². The molecular formula is C19H22N4O. The molecule has 124 valence electrons. The van der Waals surface area contributed by atoms with E-state index in [1.54, 1.807) is 12.4 Å².